The van der Waals surface area contributed by atoms with Crippen molar-refractivity contribution in [2.75, 3.05) is 25.5 Å². The first kappa shape index (κ1) is 16.4. The van der Waals surface area contributed by atoms with Gasteiger partial charge in [0.25, 0.3) is 0 Å². The number of hydrogen-bond acceptors (Lipinski definition) is 3. The number of nitrogens with zero attached hydrogens (tertiary/aromatic N) is 2. The van der Waals surface area contributed by atoms with Gasteiger partial charge in [0.2, 0.25) is 0 Å². The summed E-state index contributed by atoms with van der Waals surface area (Å²) < 4.78 is 5.38. The second-order valence-electron chi connectivity index (χ2n) is 6.37. The van der Waals surface area contributed by atoms with Crippen LogP contribution in [-0.4, -0.2) is 41.3 Å². The molecule has 0 aliphatic carbocycles. The minimum atomic E-state index is -0.0602. The van der Waals surface area contributed by atoms with Gasteiger partial charge >= 0.3 is 6.03 Å². The van der Waals surface area contributed by atoms with Gasteiger partial charge in [-0.3, -0.25) is 5.10 Å². The lowest BCUT2D eigenvalue weighted by Gasteiger charge is -2.32. The molecule has 0 radical (unpaired) electrons. The highest BCUT2D eigenvalue weighted by atomic mass is 16.5. The Morgan fingerprint density at radius 2 is 2.25 bits per heavy atom. The lowest BCUT2D eigenvalue weighted by atomic mass is 9.95. The van der Waals surface area contributed by atoms with E-state index >= 15 is 0 Å². The van der Waals surface area contributed by atoms with E-state index in [2.05, 4.69) is 15.5 Å². The maximum atomic E-state index is 12.7. The van der Waals surface area contributed by atoms with Crippen LogP contribution in [0.1, 0.15) is 35.6 Å². The molecule has 0 saturated carbocycles. The average molecular weight is 328 g/mol. The summed E-state index contributed by atoms with van der Waals surface area (Å²) in [6, 6.07) is 5.88. The summed E-state index contributed by atoms with van der Waals surface area (Å²) in [7, 11) is 1.65. The molecule has 1 fully saturated rings. The first-order valence-corrected chi connectivity index (χ1v) is 8.29. The third kappa shape index (κ3) is 3.37. The molecule has 1 aromatic carbocycles. The van der Waals surface area contributed by atoms with Gasteiger partial charge in [-0.25, -0.2) is 4.79 Å². The van der Waals surface area contributed by atoms with Crippen molar-refractivity contribution < 1.29 is 9.53 Å². The zero-order valence-corrected chi connectivity index (χ0v) is 14.4. The molecule has 1 atom stereocenters. The monoisotopic (exact) mass is 328 g/mol. The molecule has 2 N–H and O–H groups in total. The quantitative estimate of drug-likeness (QED) is 0.906. The van der Waals surface area contributed by atoms with Crippen LogP contribution in [-0.2, 0) is 0 Å². The highest BCUT2D eigenvalue weighted by Crippen LogP contribution is 2.29. The number of benzene rings is 1. The Balaban J connectivity index is 1.72. The van der Waals surface area contributed by atoms with Crippen LogP contribution in [0.3, 0.4) is 0 Å². The number of nitrogens with one attached hydrogen (secondary N) is 2. The number of rotatable bonds is 3. The molecule has 0 spiro atoms. The van der Waals surface area contributed by atoms with Crippen molar-refractivity contribution in [2.24, 2.45) is 0 Å². The molecule has 6 nitrogen and oxygen atoms in total. The first-order chi connectivity index (χ1) is 11.6. The summed E-state index contributed by atoms with van der Waals surface area (Å²) in [5.41, 5.74) is 3.90. The second kappa shape index (κ2) is 6.95. The number of ether oxygens (including phenoxy) is 1. The smallest absolute Gasteiger partial charge is 0.321 e. The maximum Gasteiger partial charge on any atom is 0.321 e. The van der Waals surface area contributed by atoms with E-state index in [0.29, 0.717) is 12.5 Å². The number of carbonyl (C=O) groups is 1. The number of aromatic amines is 1. The Bertz CT molecular complexity index is 712. The molecule has 1 aliphatic rings. The fourth-order valence-corrected chi connectivity index (χ4v) is 3.27. The van der Waals surface area contributed by atoms with Gasteiger partial charge in [0, 0.05) is 42.1 Å². The molecule has 3 rings (SSSR count). The van der Waals surface area contributed by atoms with Crippen LogP contribution in [0, 0.1) is 13.8 Å². The van der Waals surface area contributed by atoms with E-state index in [1.807, 2.05) is 36.9 Å². The Hall–Kier alpha value is -2.50. The third-order valence-electron chi connectivity index (χ3n) is 4.64. The molecule has 6 heteroatoms. The van der Waals surface area contributed by atoms with E-state index in [4.69, 9.17) is 4.74 Å². The van der Waals surface area contributed by atoms with Crippen molar-refractivity contribution in [1.82, 2.24) is 15.1 Å². The van der Waals surface area contributed by atoms with Gasteiger partial charge in [0.15, 0.2) is 0 Å². The van der Waals surface area contributed by atoms with Gasteiger partial charge in [-0.2, -0.15) is 5.10 Å². The van der Waals surface area contributed by atoms with Crippen molar-refractivity contribution in [1.29, 1.82) is 0 Å². The molecular formula is C18H24N4O2. The van der Waals surface area contributed by atoms with Crippen molar-refractivity contribution in [2.45, 2.75) is 32.6 Å². The van der Waals surface area contributed by atoms with Gasteiger partial charge in [0.05, 0.1) is 7.11 Å². The molecule has 2 heterocycles. The Kier molecular flexibility index (Phi) is 4.74. The molecule has 2 amide bonds. The number of carbonyl (C=O) groups excluding carboxylic acids is 1. The summed E-state index contributed by atoms with van der Waals surface area (Å²) in [6.45, 7) is 5.43. The molecule has 2 aromatic rings. The number of H-pyrrole nitrogens is 1. The van der Waals surface area contributed by atoms with Gasteiger partial charge in [-0.05, 0) is 50.5 Å². The summed E-state index contributed by atoms with van der Waals surface area (Å²) in [5, 5.41) is 10.1. The Labute approximate surface area is 142 Å². The molecule has 0 unspecified atom stereocenters. The molecule has 1 aliphatic heterocycles. The maximum absolute atomic E-state index is 12.7. The van der Waals surface area contributed by atoms with E-state index in [0.717, 1.165) is 47.6 Å². The van der Waals surface area contributed by atoms with Gasteiger partial charge in [-0.15, -0.1) is 0 Å². The van der Waals surface area contributed by atoms with E-state index < -0.39 is 0 Å². The number of anilines is 1. The van der Waals surface area contributed by atoms with E-state index in [1.165, 1.54) is 0 Å². The van der Waals surface area contributed by atoms with Gasteiger partial charge in [0.1, 0.15) is 5.75 Å². The number of likely N-dealkylation sites (tertiary alicyclic amines) is 1. The van der Waals surface area contributed by atoms with Crippen LogP contribution in [0.4, 0.5) is 10.5 Å². The van der Waals surface area contributed by atoms with Crippen molar-refractivity contribution in [3.63, 3.8) is 0 Å². The van der Waals surface area contributed by atoms with Crippen molar-refractivity contribution in [3.8, 4) is 5.75 Å². The fourth-order valence-electron chi connectivity index (χ4n) is 3.27. The lowest BCUT2D eigenvalue weighted by Crippen LogP contribution is -2.41. The van der Waals surface area contributed by atoms with Gasteiger partial charge in [-0.1, -0.05) is 0 Å². The van der Waals surface area contributed by atoms with Crippen LogP contribution >= 0.6 is 0 Å². The van der Waals surface area contributed by atoms with Gasteiger partial charge < -0.3 is 15.0 Å². The normalized spacial score (nSPS) is 17.6. The van der Waals surface area contributed by atoms with E-state index in [-0.39, 0.29) is 6.03 Å². The van der Waals surface area contributed by atoms with Crippen LogP contribution in [0.5, 0.6) is 5.75 Å². The molecule has 1 saturated heterocycles. The minimum absolute atomic E-state index is 0.0602. The zero-order chi connectivity index (χ0) is 17.1. The highest BCUT2D eigenvalue weighted by Gasteiger charge is 2.26. The molecule has 1 aromatic heterocycles. The van der Waals surface area contributed by atoms with Crippen LogP contribution in [0.2, 0.25) is 0 Å². The predicted octanol–water partition coefficient (Wildman–Crippen LogP) is 3.45. The number of urea groups is 1. The van der Waals surface area contributed by atoms with Crippen molar-refractivity contribution in [3.05, 3.63) is 41.2 Å². The topological polar surface area (TPSA) is 70.2 Å². The van der Waals surface area contributed by atoms with Crippen LogP contribution in [0.25, 0.3) is 0 Å². The predicted molar refractivity (Wildman–Crippen MR) is 93.6 cm³/mol. The third-order valence-corrected chi connectivity index (χ3v) is 4.64. The van der Waals surface area contributed by atoms with Crippen LogP contribution < -0.4 is 10.1 Å². The summed E-state index contributed by atoms with van der Waals surface area (Å²) in [5.74, 6) is 1.11. The highest BCUT2D eigenvalue weighted by molar-refractivity contribution is 5.90. The average Bonchev–Trinajstić information content (AvgIpc) is 3.12. The standard InChI is InChI=1S/C18H24N4O2/c1-12-9-16(13(2)17(10-12)24-3)20-18(23)22-8-4-5-14(11-22)15-6-7-19-21-15/h6-7,9-10,14H,4-5,8,11H2,1-3H3,(H,19,21)(H,20,23)/t14-/m1/s1. The number of aromatic nitrogens is 2. The SMILES string of the molecule is COc1cc(C)cc(NC(=O)N2CCC[C@@H](c3ccn[nH]3)C2)c1C. The number of methoxy groups -OCH3 is 1. The number of aryl methyl sites for hydroxylation is 1. The number of amides is 2. The zero-order valence-electron chi connectivity index (χ0n) is 14.4. The second-order valence-corrected chi connectivity index (χ2v) is 6.37. The Morgan fingerprint density at radius 3 is 2.96 bits per heavy atom. The molecule has 24 heavy (non-hydrogen) atoms. The summed E-state index contributed by atoms with van der Waals surface area (Å²) in [4.78, 5) is 14.6. The van der Waals surface area contributed by atoms with Crippen LogP contribution in [0.15, 0.2) is 24.4 Å². The summed E-state index contributed by atoms with van der Waals surface area (Å²) in [6.07, 6.45) is 3.83. The first-order valence-electron chi connectivity index (χ1n) is 8.29. The lowest BCUT2D eigenvalue weighted by molar-refractivity contribution is 0.192. The minimum Gasteiger partial charge on any atom is -0.496 e. The number of hydrogen-bond donors (Lipinski definition) is 2. The fraction of sp³-hybridized carbons (Fsp3) is 0.444. The molecule has 0 bridgehead atoms. The number of piperidine rings is 1. The van der Waals surface area contributed by atoms with Crippen molar-refractivity contribution >= 4 is 11.7 Å². The Morgan fingerprint density at radius 1 is 1.42 bits per heavy atom. The van der Waals surface area contributed by atoms with E-state index in [1.54, 1.807) is 13.3 Å². The molecule has 128 valence electrons. The van der Waals surface area contributed by atoms with E-state index in [9.17, 15) is 4.79 Å². The molecular weight excluding hydrogens is 304 g/mol. The summed E-state index contributed by atoms with van der Waals surface area (Å²) >= 11 is 0. The largest absolute Gasteiger partial charge is 0.496 e.